The van der Waals surface area contributed by atoms with Crippen LogP contribution in [0.15, 0.2) is 24.3 Å². The van der Waals surface area contributed by atoms with Gasteiger partial charge in [-0.3, -0.25) is 0 Å². The monoisotopic (exact) mass is 279 g/mol. The van der Waals surface area contributed by atoms with Crippen LogP contribution in [0.5, 0.6) is 5.75 Å². The average Bonchev–Trinajstić information content (AvgIpc) is 2.27. The predicted molar refractivity (Wildman–Crippen MR) is 64.7 cm³/mol. The van der Waals surface area contributed by atoms with E-state index in [2.05, 4.69) is 4.74 Å². The third-order valence-corrected chi connectivity index (χ3v) is 2.12. The number of hydrogen-bond acceptors (Lipinski definition) is 3. The van der Waals surface area contributed by atoms with Crippen molar-refractivity contribution in [3.05, 3.63) is 29.8 Å². The predicted octanol–water partition coefficient (Wildman–Crippen LogP) is 2.28. The van der Waals surface area contributed by atoms with Gasteiger partial charge in [0.1, 0.15) is 24.0 Å². The fourth-order valence-electron chi connectivity index (χ4n) is 1.19. The first-order chi connectivity index (χ1) is 8.40. The molecule has 100 valence electrons. The van der Waals surface area contributed by atoms with E-state index < -0.39 is 12.8 Å². The Kier molecular flexibility index (Phi) is 5.36. The molecule has 0 saturated heterocycles. The largest absolute Gasteiger partial charge is 0.490 e. The number of nitrogens with two attached hydrogens (primary N) is 1. The first-order valence-corrected chi connectivity index (χ1v) is 5.47. The third-order valence-electron chi connectivity index (χ3n) is 1.90. The number of halogens is 3. The molecule has 1 aromatic rings. The molecule has 0 spiro atoms. The zero-order valence-corrected chi connectivity index (χ0v) is 10.2. The minimum Gasteiger partial charge on any atom is -0.490 e. The van der Waals surface area contributed by atoms with Gasteiger partial charge < -0.3 is 15.2 Å². The van der Waals surface area contributed by atoms with Crippen molar-refractivity contribution in [2.45, 2.75) is 6.18 Å². The number of alkyl halides is 3. The van der Waals surface area contributed by atoms with Gasteiger partial charge >= 0.3 is 6.18 Å². The number of thiocarbonyl (C=S) groups is 1. The van der Waals surface area contributed by atoms with Crippen LogP contribution in [-0.4, -0.2) is 31.0 Å². The molecule has 0 aliphatic heterocycles. The lowest BCUT2D eigenvalue weighted by molar-refractivity contribution is -0.175. The summed E-state index contributed by atoms with van der Waals surface area (Å²) in [5, 5.41) is 0. The summed E-state index contributed by atoms with van der Waals surface area (Å²) in [6.07, 6.45) is -4.32. The van der Waals surface area contributed by atoms with Crippen molar-refractivity contribution < 1.29 is 22.6 Å². The van der Waals surface area contributed by atoms with Crippen molar-refractivity contribution in [3.63, 3.8) is 0 Å². The van der Waals surface area contributed by atoms with Gasteiger partial charge in [0.15, 0.2) is 0 Å². The molecule has 0 amide bonds. The summed E-state index contributed by atoms with van der Waals surface area (Å²) >= 11 is 4.82. The van der Waals surface area contributed by atoms with Crippen LogP contribution >= 0.6 is 12.2 Å². The molecule has 0 heterocycles. The van der Waals surface area contributed by atoms with Crippen LogP contribution in [0.4, 0.5) is 13.2 Å². The number of hydrogen-bond donors (Lipinski definition) is 1. The van der Waals surface area contributed by atoms with Crippen molar-refractivity contribution in [1.29, 1.82) is 0 Å². The zero-order chi connectivity index (χ0) is 13.6. The molecule has 0 saturated carbocycles. The SMILES string of the molecule is NC(=S)c1ccccc1OCCOCC(F)(F)F. The van der Waals surface area contributed by atoms with Gasteiger partial charge in [-0.15, -0.1) is 0 Å². The topological polar surface area (TPSA) is 44.5 Å². The second-order valence-electron chi connectivity index (χ2n) is 3.38. The van der Waals surface area contributed by atoms with E-state index in [1.807, 2.05) is 0 Å². The summed E-state index contributed by atoms with van der Waals surface area (Å²) in [4.78, 5) is 0.168. The van der Waals surface area contributed by atoms with Gasteiger partial charge in [-0.2, -0.15) is 13.2 Å². The van der Waals surface area contributed by atoms with Crippen molar-refractivity contribution in [2.75, 3.05) is 19.8 Å². The molecule has 0 fully saturated rings. The Hall–Kier alpha value is -1.34. The molecule has 0 aliphatic rings. The van der Waals surface area contributed by atoms with Crippen molar-refractivity contribution >= 4 is 17.2 Å². The maximum absolute atomic E-state index is 11.8. The van der Waals surface area contributed by atoms with E-state index in [9.17, 15) is 13.2 Å². The first-order valence-electron chi connectivity index (χ1n) is 5.06. The van der Waals surface area contributed by atoms with Gasteiger partial charge in [0.25, 0.3) is 0 Å². The lowest BCUT2D eigenvalue weighted by Gasteiger charge is -2.11. The molecule has 3 nitrogen and oxygen atoms in total. The van der Waals surface area contributed by atoms with Gasteiger partial charge in [0.2, 0.25) is 0 Å². The molecular weight excluding hydrogens is 267 g/mol. The Morgan fingerprint density at radius 2 is 1.89 bits per heavy atom. The van der Waals surface area contributed by atoms with Crippen LogP contribution in [0.2, 0.25) is 0 Å². The van der Waals surface area contributed by atoms with Crippen molar-refractivity contribution in [1.82, 2.24) is 0 Å². The lowest BCUT2D eigenvalue weighted by Crippen LogP contribution is -2.20. The summed E-state index contributed by atoms with van der Waals surface area (Å²) < 4.78 is 45.0. The smallest absolute Gasteiger partial charge is 0.411 e. The molecule has 0 aliphatic carbocycles. The zero-order valence-electron chi connectivity index (χ0n) is 9.37. The summed E-state index contributed by atoms with van der Waals surface area (Å²) in [7, 11) is 0. The highest BCUT2D eigenvalue weighted by Crippen LogP contribution is 2.18. The van der Waals surface area contributed by atoms with Gasteiger partial charge in [-0.05, 0) is 12.1 Å². The molecule has 2 N–H and O–H groups in total. The number of para-hydroxylation sites is 1. The van der Waals surface area contributed by atoms with E-state index in [1.54, 1.807) is 24.3 Å². The van der Waals surface area contributed by atoms with Crippen molar-refractivity contribution in [2.24, 2.45) is 5.73 Å². The summed E-state index contributed by atoms with van der Waals surface area (Å²) in [6, 6.07) is 6.77. The summed E-state index contributed by atoms with van der Waals surface area (Å²) in [5.41, 5.74) is 6.02. The molecule has 0 radical (unpaired) electrons. The number of rotatable bonds is 6. The molecular formula is C11H12F3NO2S. The highest BCUT2D eigenvalue weighted by molar-refractivity contribution is 7.80. The number of benzene rings is 1. The Morgan fingerprint density at radius 3 is 2.50 bits per heavy atom. The van der Waals surface area contributed by atoms with Crippen LogP contribution in [0.1, 0.15) is 5.56 Å². The van der Waals surface area contributed by atoms with Crippen molar-refractivity contribution in [3.8, 4) is 5.75 Å². The van der Waals surface area contributed by atoms with E-state index in [0.717, 1.165) is 0 Å². The van der Waals surface area contributed by atoms with Gasteiger partial charge in [-0.25, -0.2) is 0 Å². The highest BCUT2D eigenvalue weighted by atomic mass is 32.1. The van der Waals surface area contributed by atoms with Gasteiger partial charge in [-0.1, -0.05) is 24.4 Å². The van der Waals surface area contributed by atoms with E-state index in [-0.39, 0.29) is 18.2 Å². The van der Waals surface area contributed by atoms with Crippen LogP contribution in [0.25, 0.3) is 0 Å². The average molecular weight is 279 g/mol. The number of ether oxygens (including phenoxy) is 2. The second-order valence-corrected chi connectivity index (χ2v) is 3.82. The Balaban J connectivity index is 2.38. The first kappa shape index (κ1) is 14.7. The third kappa shape index (κ3) is 5.33. The quantitative estimate of drug-likeness (QED) is 0.641. The van der Waals surface area contributed by atoms with E-state index in [1.165, 1.54) is 0 Å². The lowest BCUT2D eigenvalue weighted by atomic mass is 10.2. The second kappa shape index (κ2) is 6.55. The summed E-state index contributed by atoms with van der Waals surface area (Å²) in [6.45, 7) is -1.45. The normalized spacial score (nSPS) is 11.3. The highest BCUT2D eigenvalue weighted by Gasteiger charge is 2.27. The molecule has 7 heteroatoms. The molecule has 0 bridgehead atoms. The fraction of sp³-hybridized carbons (Fsp3) is 0.364. The van der Waals surface area contributed by atoms with E-state index in [0.29, 0.717) is 11.3 Å². The van der Waals surface area contributed by atoms with Crippen LogP contribution < -0.4 is 10.5 Å². The maximum Gasteiger partial charge on any atom is 0.411 e. The van der Waals surface area contributed by atoms with E-state index >= 15 is 0 Å². The van der Waals surface area contributed by atoms with Crippen LogP contribution in [0, 0.1) is 0 Å². The van der Waals surface area contributed by atoms with Gasteiger partial charge in [0, 0.05) is 0 Å². The van der Waals surface area contributed by atoms with E-state index in [4.69, 9.17) is 22.7 Å². The van der Waals surface area contributed by atoms with Crippen LogP contribution in [-0.2, 0) is 4.74 Å². The fourth-order valence-corrected chi connectivity index (χ4v) is 1.36. The minimum atomic E-state index is -4.32. The molecule has 18 heavy (non-hydrogen) atoms. The Morgan fingerprint density at radius 1 is 1.22 bits per heavy atom. The molecule has 0 unspecified atom stereocenters. The molecule has 0 aromatic heterocycles. The van der Waals surface area contributed by atoms with Crippen LogP contribution in [0.3, 0.4) is 0 Å². The Labute approximate surface area is 108 Å². The standard InChI is InChI=1S/C11H12F3NO2S/c12-11(13,14)7-16-5-6-17-9-4-2-1-3-8(9)10(15)18/h1-4H,5-7H2,(H2,15,18). The van der Waals surface area contributed by atoms with Gasteiger partial charge in [0.05, 0.1) is 12.2 Å². The maximum atomic E-state index is 11.8. The molecule has 0 atom stereocenters. The molecule has 1 aromatic carbocycles. The summed E-state index contributed by atoms with van der Waals surface area (Å²) in [5.74, 6) is 0.431. The minimum absolute atomic E-state index is 0.00426. The Bertz CT molecular complexity index is 410. The molecule has 1 rings (SSSR count).